The van der Waals surface area contributed by atoms with Crippen LogP contribution in [-0.2, 0) is 14.3 Å². The molecular weight excluding hydrogens is 318 g/mol. The molecular formula is C19H29N3O3. The molecule has 0 bridgehead atoms. The number of hydrogen-bond donors (Lipinski definition) is 3. The number of nitrogens with one attached hydrogen (secondary N) is 2. The van der Waals surface area contributed by atoms with Crippen molar-refractivity contribution in [2.24, 2.45) is 11.1 Å². The minimum Gasteiger partial charge on any atom is -0.383 e. The summed E-state index contributed by atoms with van der Waals surface area (Å²) in [6.07, 6.45) is 3.51. The van der Waals surface area contributed by atoms with Gasteiger partial charge in [0.1, 0.15) is 6.04 Å². The SMILES string of the molecule is COCC(N)C(=O)NCC1(C(=O)Nc2ccc(C)c(C)c2)CCCC1. The van der Waals surface area contributed by atoms with E-state index in [4.69, 9.17) is 10.5 Å². The molecule has 1 fully saturated rings. The Balaban J connectivity index is 2.04. The Morgan fingerprint density at radius 2 is 1.92 bits per heavy atom. The van der Waals surface area contributed by atoms with Gasteiger partial charge in [0.2, 0.25) is 11.8 Å². The summed E-state index contributed by atoms with van der Waals surface area (Å²) in [5, 5.41) is 5.86. The lowest BCUT2D eigenvalue weighted by molar-refractivity contribution is -0.127. The largest absolute Gasteiger partial charge is 0.383 e. The Kier molecular flexibility index (Phi) is 6.56. The summed E-state index contributed by atoms with van der Waals surface area (Å²) in [5.74, 6) is -0.319. The van der Waals surface area contributed by atoms with Gasteiger partial charge in [-0.2, -0.15) is 0 Å². The van der Waals surface area contributed by atoms with Gasteiger partial charge < -0.3 is 21.1 Å². The summed E-state index contributed by atoms with van der Waals surface area (Å²) in [6, 6.07) is 5.17. The van der Waals surface area contributed by atoms with Gasteiger partial charge in [0.15, 0.2) is 0 Å². The molecule has 6 nitrogen and oxygen atoms in total. The molecule has 25 heavy (non-hydrogen) atoms. The van der Waals surface area contributed by atoms with Crippen molar-refractivity contribution in [2.75, 3.05) is 25.6 Å². The van der Waals surface area contributed by atoms with E-state index in [0.29, 0.717) is 6.54 Å². The second-order valence-electron chi connectivity index (χ2n) is 7.02. The summed E-state index contributed by atoms with van der Waals surface area (Å²) in [5.41, 5.74) is 8.30. The highest BCUT2D eigenvalue weighted by Gasteiger charge is 2.41. The molecule has 0 saturated heterocycles. The van der Waals surface area contributed by atoms with Gasteiger partial charge in [-0.3, -0.25) is 9.59 Å². The highest BCUT2D eigenvalue weighted by Crippen LogP contribution is 2.38. The summed E-state index contributed by atoms with van der Waals surface area (Å²) >= 11 is 0. The third-order valence-corrected chi connectivity index (χ3v) is 5.09. The van der Waals surface area contributed by atoms with Crippen molar-refractivity contribution in [3.63, 3.8) is 0 Å². The van der Waals surface area contributed by atoms with Crippen molar-refractivity contribution in [2.45, 2.75) is 45.6 Å². The summed E-state index contributed by atoms with van der Waals surface area (Å²) < 4.78 is 4.90. The normalized spacial score (nSPS) is 17.1. The molecule has 1 atom stereocenters. The van der Waals surface area contributed by atoms with Crippen molar-refractivity contribution in [3.8, 4) is 0 Å². The van der Waals surface area contributed by atoms with E-state index in [2.05, 4.69) is 10.6 Å². The number of ether oxygens (including phenoxy) is 1. The Labute approximate surface area is 149 Å². The zero-order valence-electron chi connectivity index (χ0n) is 15.4. The molecule has 0 radical (unpaired) electrons. The smallest absolute Gasteiger partial charge is 0.239 e. The Morgan fingerprint density at radius 3 is 2.52 bits per heavy atom. The number of methoxy groups -OCH3 is 1. The van der Waals surface area contributed by atoms with Crippen LogP contribution in [0.3, 0.4) is 0 Å². The highest BCUT2D eigenvalue weighted by molar-refractivity contribution is 5.96. The lowest BCUT2D eigenvalue weighted by Gasteiger charge is -2.28. The quantitative estimate of drug-likeness (QED) is 0.702. The molecule has 1 saturated carbocycles. The lowest BCUT2D eigenvalue weighted by Crippen LogP contribution is -2.49. The van der Waals surface area contributed by atoms with Crippen LogP contribution in [0.25, 0.3) is 0 Å². The third-order valence-electron chi connectivity index (χ3n) is 5.09. The molecule has 1 unspecified atom stereocenters. The van der Waals surface area contributed by atoms with E-state index >= 15 is 0 Å². The van der Waals surface area contributed by atoms with Gasteiger partial charge in [0.25, 0.3) is 0 Å². The van der Waals surface area contributed by atoms with E-state index in [1.807, 2.05) is 32.0 Å². The van der Waals surface area contributed by atoms with Gasteiger partial charge in [-0.05, 0) is 49.9 Å². The topological polar surface area (TPSA) is 93.4 Å². The van der Waals surface area contributed by atoms with Crippen LogP contribution >= 0.6 is 0 Å². The zero-order chi connectivity index (χ0) is 18.4. The fourth-order valence-electron chi connectivity index (χ4n) is 3.26. The summed E-state index contributed by atoms with van der Waals surface area (Å²) in [7, 11) is 1.50. The first-order valence-corrected chi connectivity index (χ1v) is 8.79. The van der Waals surface area contributed by atoms with Crippen molar-refractivity contribution < 1.29 is 14.3 Å². The van der Waals surface area contributed by atoms with E-state index in [9.17, 15) is 9.59 Å². The van der Waals surface area contributed by atoms with Crippen LogP contribution in [0.2, 0.25) is 0 Å². The maximum absolute atomic E-state index is 12.9. The van der Waals surface area contributed by atoms with Gasteiger partial charge in [0, 0.05) is 19.3 Å². The van der Waals surface area contributed by atoms with Crippen LogP contribution in [0.5, 0.6) is 0 Å². The molecule has 4 N–H and O–H groups in total. The number of anilines is 1. The number of carbonyl (C=O) groups is 2. The van der Waals surface area contributed by atoms with Crippen LogP contribution in [-0.4, -0.2) is 38.1 Å². The first-order chi connectivity index (χ1) is 11.9. The van der Waals surface area contributed by atoms with Gasteiger partial charge in [-0.25, -0.2) is 0 Å². The maximum Gasteiger partial charge on any atom is 0.239 e. The molecule has 1 aliphatic rings. The van der Waals surface area contributed by atoms with E-state index < -0.39 is 11.5 Å². The number of carbonyl (C=O) groups excluding carboxylic acids is 2. The minimum absolute atomic E-state index is 0.0335. The van der Waals surface area contributed by atoms with E-state index in [-0.39, 0.29) is 18.4 Å². The first kappa shape index (κ1) is 19.4. The number of rotatable bonds is 7. The van der Waals surface area contributed by atoms with Crippen molar-refractivity contribution in [3.05, 3.63) is 29.3 Å². The minimum atomic E-state index is -0.716. The molecule has 1 aliphatic carbocycles. The molecule has 0 aromatic heterocycles. The zero-order valence-corrected chi connectivity index (χ0v) is 15.4. The van der Waals surface area contributed by atoms with Crippen LogP contribution < -0.4 is 16.4 Å². The monoisotopic (exact) mass is 347 g/mol. The highest BCUT2D eigenvalue weighted by atomic mass is 16.5. The molecule has 1 aromatic carbocycles. The third kappa shape index (κ3) is 4.80. The second-order valence-corrected chi connectivity index (χ2v) is 7.02. The first-order valence-electron chi connectivity index (χ1n) is 8.79. The number of benzene rings is 1. The molecule has 138 valence electrons. The molecule has 1 aromatic rings. The average molecular weight is 347 g/mol. The van der Waals surface area contributed by atoms with E-state index in [1.165, 1.54) is 12.7 Å². The van der Waals surface area contributed by atoms with Gasteiger partial charge in [0.05, 0.1) is 12.0 Å². The van der Waals surface area contributed by atoms with Crippen LogP contribution in [0, 0.1) is 19.3 Å². The Hall–Kier alpha value is -1.92. The number of aryl methyl sites for hydroxylation is 2. The molecule has 0 spiro atoms. The number of amides is 2. The maximum atomic E-state index is 12.9. The van der Waals surface area contributed by atoms with Crippen LogP contribution in [0.4, 0.5) is 5.69 Å². The summed E-state index contributed by atoms with van der Waals surface area (Å²) in [6.45, 7) is 4.53. The molecule has 0 heterocycles. The van der Waals surface area contributed by atoms with E-state index in [0.717, 1.165) is 36.9 Å². The Morgan fingerprint density at radius 1 is 1.24 bits per heavy atom. The molecule has 2 rings (SSSR count). The standard InChI is InChI=1S/C19H29N3O3/c1-13-6-7-15(10-14(13)2)22-18(24)19(8-4-5-9-19)12-21-17(23)16(20)11-25-3/h6-7,10,16H,4-5,8-9,11-12,20H2,1-3H3,(H,21,23)(H,22,24). The second kappa shape index (κ2) is 8.45. The predicted molar refractivity (Wildman–Crippen MR) is 98.3 cm³/mol. The van der Waals surface area contributed by atoms with Crippen molar-refractivity contribution >= 4 is 17.5 Å². The van der Waals surface area contributed by atoms with Crippen LogP contribution in [0.15, 0.2) is 18.2 Å². The molecule has 6 heteroatoms. The van der Waals surface area contributed by atoms with E-state index in [1.54, 1.807) is 0 Å². The fraction of sp³-hybridized carbons (Fsp3) is 0.579. The van der Waals surface area contributed by atoms with Crippen molar-refractivity contribution in [1.29, 1.82) is 0 Å². The number of hydrogen-bond acceptors (Lipinski definition) is 4. The van der Waals surface area contributed by atoms with Crippen molar-refractivity contribution in [1.82, 2.24) is 5.32 Å². The Bertz CT molecular complexity index is 624. The number of nitrogens with two attached hydrogens (primary N) is 1. The lowest BCUT2D eigenvalue weighted by atomic mass is 9.84. The molecule has 2 amide bonds. The fourth-order valence-corrected chi connectivity index (χ4v) is 3.26. The summed E-state index contributed by atoms with van der Waals surface area (Å²) in [4.78, 5) is 25.0. The van der Waals surface area contributed by atoms with Gasteiger partial charge >= 0.3 is 0 Å². The average Bonchev–Trinajstić information content (AvgIpc) is 3.06. The van der Waals surface area contributed by atoms with Crippen LogP contribution in [0.1, 0.15) is 36.8 Å². The predicted octanol–water partition coefficient (Wildman–Crippen LogP) is 1.89. The molecule has 0 aliphatic heterocycles. The van der Waals surface area contributed by atoms with Gasteiger partial charge in [-0.1, -0.05) is 18.9 Å². The van der Waals surface area contributed by atoms with Gasteiger partial charge in [-0.15, -0.1) is 0 Å².